The van der Waals surface area contributed by atoms with E-state index in [0.717, 1.165) is 41.4 Å². The Labute approximate surface area is 184 Å². The molecule has 170 valence electrons. The topological polar surface area (TPSA) is 119 Å². The normalized spacial score (nSPS) is 16.7. The van der Waals surface area contributed by atoms with Crippen LogP contribution in [-0.4, -0.2) is 36.2 Å². The lowest BCUT2D eigenvalue weighted by Crippen LogP contribution is -2.42. The first kappa shape index (κ1) is 24.1. The maximum Gasteiger partial charge on any atom is 0.327 e. The fourth-order valence-electron chi connectivity index (χ4n) is 3.85. The van der Waals surface area contributed by atoms with Gasteiger partial charge in [0.15, 0.2) is 0 Å². The van der Waals surface area contributed by atoms with E-state index in [2.05, 4.69) is 5.43 Å². The van der Waals surface area contributed by atoms with Gasteiger partial charge in [0.25, 0.3) is 0 Å². The summed E-state index contributed by atoms with van der Waals surface area (Å²) in [7, 11) is -5.99. The van der Waals surface area contributed by atoms with Crippen molar-refractivity contribution in [3.63, 3.8) is 0 Å². The van der Waals surface area contributed by atoms with Crippen LogP contribution in [0, 0.1) is 0 Å². The third-order valence-electron chi connectivity index (χ3n) is 5.27. The number of anilines is 1. The van der Waals surface area contributed by atoms with Gasteiger partial charge in [0.1, 0.15) is 0 Å². The molecule has 4 N–H and O–H groups in total. The zero-order valence-electron chi connectivity index (χ0n) is 17.4. The predicted molar refractivity (Wildman–Crippen MR) is 121 cm³/mol. The molecule has 0 aliphatic heterocycles. The molecular formula is C21H29N2O6PS. The Morgan fingerprint density at radius 3 is 2.65 bits per heavy atom. The van der Waals surface area contributed by atoms with Crippen LogP contribution in [0.25, 0.3) is 0 Å². The van der Waals surface area contributed by atoms with E-state index in [4.69, 9.17) is 14.3 Å². The van der Waals surface area contributed by atoms with Gasteiger partial charge in [0.05, 0.1) is 24.7 Å². The van der Waals surface area contributed by atoms with Crippen molar-refractivity contribution >= 4 is 24.3 Å². The Balaban J connectivity index is 1.80. The number of fused-ring (bicyclic) bond motifs is 1. The number of sulfonamides is 1. The molecule has 0 fully saturated rings. The van der Waals surface area contributed by atoms with Gasteiger partial charge < -0.3 is 19.4 Å². The Hall–Kier alpha value is -1.58. The first-order valence-corrected chi connectivity index (χ1v) is 13.2. The van der Waals surface area contributed by atoms with Gasteiger partial charge in [-0.2, -0.15) is 0 Å². The number of nitrogens with zero attached hydrogens (tertiary/aromatic N) is 1. The molecule has 1 atom stereocenters. The summed E-state index contributed by atoms with van der Waals surface area (Å²) >= 11 is 0. The second-order valence-corrected chi connectivity index (χ2v) is 10.2. The summed E-state index contributed by atoms with van der Waals surface area (Å²) < 4.78 is 31.2. The maximum atomic E-state index is 12.6. The number of rotatable bonds is 9. The van der Waals surface area contributed by atoms with Gasteiger partial charge in [-0.05, 0) is 54.0 Å². The predicted octanol–water partition coefficient (Wildman–Crippen LogP) is 2.69. The zero-order valence-corrected chi connectivity index (χ0v) is 19.1. The maximum absolute atomic E-state index is 12.6. The number of aliphatic hydroxyl groups is 1. The number of nitrogens with one attached hydrogen (secondary N) is 1. The van der Waals surface area contributed by atoms with Crippen LogP contribution in [0.2, 0.25) is 0 Å². The van der Waals surface area contributed by atoms with Crippen LogP contribution < -0.4 is 9.84 Å². The number of hydrazine groups is 1. The average Bonchev–Trinajstić information content (AvgIpc) is 2.89. The van der Waals surface area contributed by atoms with E-state index < -0.39 is 24.7 Å². The molecule has 0 bridgehead atoms. The van der Waals surface area contributed by atoms with Crippen molar-refractivity contribution in [2.45, 2.75) is 44.8 Å². The van der Waals surface area contributed by atoms with Crippen molar-refractivity contribution in [2.75, 3.05) is 17.3 Å². The highest BCUT2D eigenvalue weighted by molar-refractivity contribution is 7.92. The average molecular weight is 469 g/mol. The van der Waals surface area contributed by atoms with Crippen molar-refractivity contribution in [3.8, 4) is 0 Å². The smallest absolute Gasteiger partial charge is 0.327 e. The van der Waals surface area contributed by atoms with Crippen LogP contribution in [0.15, 0.2) is 42.5 Å². The molecule has 2 aromatic carbocycles. The lowest BCUT2D eigenvalue weighted by atomic mass is 9.99. The van der Waals surface area contributed by atoms with Gasteiger partial charge in [-0.3, -0.25) is 0 Å². The van der Waals surface area contributed by atoms with Crippen LogP contribution in [-0.2, 0) is 33.9 Å². The second kappa shape index (κ2) is 10.8. The Morgan fingerprint density at radius 1 is 1.16 bits per heavy atom. The monoisotopic (exact) mass is 468 g/mol. The Morgan fingerprint density at radius 2 is 1.90 bits per heavy atom. The largest absolute Gasteiger partial charge is 0.388 e. The third kappa shape index (κ3) is 6.70. The van der Waals surface area contributed by atoms with Gasteiger partial charge in [-0.25, -0.2) is 18.3 Å². The molecule has 1 aliphatic rings. The molecule has 0 heterocycles. The van der Waals surface area contributed by atoms with Crippen LogP contribution in [0.5, 0.6) is 0 Å². The van der Waals surface area contributed by atoms with Gasteiger partial charge in [-0.1, -0.05) is 42.8 Å². The Kier molecular flexibility index (Phi) is 8.41. The fraction of sp³-hybridized carbons (Fsp3) is 0.429. The number of hydrogen-bond donors (Lipinski definition) is 4. The van der Waals surface area contributed by atoms with E-state index >= 15 is 0 Å². The summed E-state index contributed by atoms with van der Waals surface area (Å²) in [6, 6.07) is 13.0. The van der Waals surface area contributed by atoms with E-state index in [0.29, 0.717) is 24.9 Å². The van der Waals surface area contributed by atoms with Crippen molar-refractivity contribution in [1.82, 2.24) is 5.43 Å². The van der Waals surface area contributed by atoms with Gasteiger partial charge in [0, 0.05) is 6.54 Å². The van der Waals surface area contributed by atoms with E-state index in [9.17, 15) is 13.5 Å². The summed E-state index contributed by atoms with van der Waals surface area (Å²) in [6.07, 6.45) is 4.25. The molecule has 0 aromatic heterocycles. The lowest BCUT2D eigenvalue weighted by Gasteiger charge is -2.27. The first-order valence-electron chi connectivity index (χ1n) is 10.2. The number of benzene rings is 2. The van der Waals surface area contributed by atoms with E-state index in [-0.39, 0.29) is 13.2 Å². The third-order valence-corrected chi connectivity index (χ3v) is 6.67. The minimum Gasteiger partial charge on any atom is -0.388 e. The molecule has 8 nitrogen and oxygen atoms in total. The van der Waals surface area contributed by atoms with E-state index in [1.54, 1.807) is 12.1 Å². The molecule has 0 amide bonds. The van der Waals surface area contributed by atoms with Crippen molar-refractivity contribution in [1.29, 1.82) is 0 Å². The van der Waals surface area contributed by atoms with E-state index in [1.165, 1.54) is 4.41 Å². The molecule has 0 saturated carbocycles. The van der Waals surface area contributed by atoms with Gasteiger partial charge in [-0.15, -0.1) is 0 Å². The molecule has 31 heavy (non-hydrogen) atoms. The summed E-state index contributed by atoms with van der Waals surface area (Å²) in [5, 5.41) is 10.5. The lowest BCUT2D eigenvalue weighted by molar-refractivity contribution is 0.166. The van der Waals surface area contributed by atoms with Crippen molar-refractivity contribution < 1.29 is 27.8 Å². The van der Waals surface area contributed by atoms with Gasteiger partial charge in [0.2, 0.25) is 10.0 Å². The number of aliphatic hydroxyl groups excluding tert-OH is 1. The van der Waals surface area contributed by atoms with Crippen LogP contribution in [0.4, 0.5) is 5.69 Å². The summed E-state index contributed by atoms with van der Waals surface area (Å²) in [4.78, 5) is 17.7. The first-order chi connectivity index (χ1) is 14.8. The summed E-state index contributed by atoms with van der Waals surface area (Å²) in [5.41, 5.74) is 7.06. The summed E-state index contributed by atoms with van der Waals surface area (Å²) in [6.45, 7) is 0.463. The highest BCUT2D eigenvalue weighted by Crippen LogP contribution is 2.35. The SMILES string of the molecule is CS(=O)(=O)N(NCc1cccc(CCOP(O)O)c1)c1cccc2c1CCCCC2O. The molecule has 0 spiro atoms. The quantitative estimate of drug-likeness (QED) is 0.254. The van der Waals surface area contributed by atoms with Crippen molar-refractivity contribution in [3.05, 3.63) is 64.7 Å². The summed E-state index contributed by atoms with van der Waals surface area (Å²) in [5.74, 6) is 0. The molecular weight excluding hydrogens is 439 g/mol. The molecule has 0 radical (unpaired) electrons. The minimum atomic E-state index is -3.62. The fourth-order valence-corrected chi connectivity index (χ4v) is 4.93. The molecule has 3 rings (SSSR count). The molecule has 1 unspecified atom stereocenters. The standard InChI is InChI=1S/C21H29N2O6PS/c1-31(27,28)23(20-10-5-9-19-18(20)8-2-3-11-21(19)24)22-15-17-7-4-6-16(14-17)12-13-29-30(25)26/h4-7,9-10,14,21-22,24-26H,2-3,8,11-13,15H2,1H3. The Bertz CT molecular complexity index is 986. The molecule has 1 aliphatic carbocycles. The molecule has 0 saturated heterocycles. The highest BCUT2D eigenvalue weighted by atomic mass is 32.2. The van der Waals surface area contributed by atoms with Crippen LogP contribution in [0.1, 0.15) is 47.6 Å². The highest BCUT2D eigenvalue weighted by Gasteiger charge is 2.25. The second-order valence-electron chi connectivity index (χ2n) is 7.62. The molecule has 2 aromatic rings. The van der Waals surface area contributed by atoms with E-state index in [1.807, 2.05) is 30.3 Å². The van der Waals surface area contributed by atoms with Crippen molar-refractivity contribution in [2.24, 2.45) is 0 Å². The molecule has 10 heteroatoms. The van der Waals surface area contributed by atoms with Crippen LogP contribution >= 0.6 is 8.60 Å². The van der Waals surface area contributed by atoms with Crippen LogP contribution in [0.3, 0.4) is 0 Å². The minimum absolute atomic E-state index is 0.184. The zero-order chi connectivity index (χ0) is 22.4. The van der Waals surface area contributed by atoms with Gasteiger partial charge >= 0.3 is 8.60 Å². The number of hydrogen-bond acceptors (Lipinski definition) is 7.